The average Bonchev–Trinajstić information content (AvgIpc) is 2.65. The molecule has 1 rings (SSSR count). The molecular weight excluding hydrogens is 196 g/mol. The largest absolute Gasteiger partial charge is 0.490 e. The summed E-state index contributed by atoms with van der Waals surface area (Å²) >= 11 is 4.15. The molecule has 0 spiro atoms. The lowest BCUT2D eigenvalue weighted by Gasteiger charge is -2.01. The van der Waals surface area contributed by atoms with E-state index in [1.807, 2.05) is 10.9 Å². The van der Waals surface area contributed by atoms with Crippen LogP contribution >= 0.6 is 12.6 Å². The molecule has 0 N–H and O–H groups in total. The molecule has 0 aliphatic carbocycles. The third-order valence-corrected chi connectivity index (χ3v) is 2.32. The summed E-state index contributed by atoms with van der Waals surface area (Å²) in [7, 11) is 0. The number of aromatic nitrogens is 2. The number of thiol groups is 1. The molecule has 0 aromatic carbocycles. The Balaban J connectivity index is 2.12. The monoisotopic (exact) mass is 214 g/mol. The maximum atomic E-state index is 5.53. The summed E-state index contributed by atoms with van der Waals surface area (Å²) in [4.78, 5) is 0. The lowest BCUT2D eigenvalue weighted by molar-refractivity contribution is 0.306. The van der Waals surface area contributed by atoms with Gasteiger partial charge in [0.05, 0.1) is 19.0 Å². The normalized spacial score (nSPS) is 10.4. The SMILES string of the molecule is CCn1cc(OCCCCCS)cn1. The van der Waals surface area contributed by atoms with E-state index in [1.165, 1.54) is 12.8 Å². The van der Waals surface area contributed by atoms with Gasteiger partial charge in [0.2, 0.25) is 0 Å². The third kappa shape index (κ3) is 4.05. The van der Waals surface area contributed by atoms with Crippen LogP contribution in [0, 0.1) is 0 Å². The molecule has 0 fully saturated rings. The Kier molecular flexibility index (Phi) is 5.52. The van der Waals surface area contributed by atoms with Crippen molar-refractivity contribution < 1.29 is 4.74 Å². The van der Waals surface area contributed by atoms with Gasteiger partial charge in [0.15, 0.2) is 5.75 Å². The first-order valence-corrected chi connectivity index (χ1v) is 5.76. The van der Waals surface area contributed by atoms with Crippen LogP contribution < -0.4 is 4.74 Å². The van der Waals surface area contributed by atoms with E-state index in [-0.39, 0.29) is 0 Å². The molecule has 3 nitrogen and oxygen atoms in total. The molecule has 0 aliphatic heterocycles. The Hall–Kier alpha value is -0.640. The summed E-state index contributed by atoms with van der Waals surface area (Å²) < 4.78 is 7.39. The molecule has 0 saturated heterocycles. The van der Waals surface area contributed by atoms with Gasteiger partial charge in [0.1, 0.15) is 0 Å². The zero-order valence-corrected chi connectivity index (χ0v) is 9.54. The standard InChI is InChI=1S/C10H18N2OS/c1-2-12-9-10(8-11-12)13-6-4-3-5-7-14/h8-9,14H,2-7H2,1H3. The van der Waals surface area contributed by atoms with Crippen molar-refractivity contribution in [3.05, 3.63) is 12.4 Å². The van der Waals surface area contributed by atoms with Crippen LogP contribution in [0.4, 0.5) is 0 Å². The molecule has 1 aromatic rings. The van der Waals surface area contributed by atoms with Gasteiger partial charge in [-0.1, -0.05) is 0 Å². The third-order valence-electron chi connectivity index (χ3n) is 2.00. The van der Waals surface area contributed by atoms with Gasteiger partial charge in [-0.25, -0.2) is 0 Å². The van der Waals surface area contributed by atoms with Gasteiger partial charge in [-0.3, -0.25) is 4.68 Å². The summed E-state index contributed by atoms with van der Waals surface area (Å²) in [5, 5.41) is 4.13. The Morgan fingerprint density at radius 1 is 1.43 bits per heavy atom. The zero-order valence-electron chi connectivity index (χ0n) is 8.65. The number of hydrogen-bond acceptors (Lipinski definition) is 3. The zero-order chi connectivity index (χ0) is 10.2. The van der Waals surface area contributed by atoms with E-state index < -0.39 is 0 Å². The topological polar surface area (TPSA) is 27.1 Å². The van der Waals surface area contributed by atoms with Gasteiger partial charge < -0.3 is 4.74 Å². The van der Waals surface area contributed by atoms with Gasteiger partial charge in [-0.2, -0.15) is 17.7 Å². The maximum Gasteiger partial charge on any atom is 0.157 e. The molecule has 1 heterocycles. The van der Waals surface area contributed by atoms with Gasteiger partial charge >= 0.3 is 0 Å². The summed E-state index contributed by atoms with van der Waals surface area (Å²) in [6.45, 7) is 3.73. The highest BCUT2D eigenvalue weighted by Gasteiger charge is 1.97. The number of rotatable bonds is 7. The highest BCUT2D eigenvalue weighted by Crippen LogP contribution is 2.09. The second-order valence-corrected chi connectivity index (χ2v) is 3.61. The van der Waals surface area contributed by atoms with Gasteiger partial charge in [-0.15, -0.1) is 0 Å². The van der Waals surface area contributed by atoms with Gasteiger partial charge in [0.25, 0.3) is 0 Å². The first-order valence-electron chi connectivity index (χ1n) is 5.13. The second kappa shape index (κ2) is 6.76. The Morgan fingerprint density at radius 3 is 2.93 bits per heavy atom. The quantitative estimate of drug-likeness (QED) is 0.557. The first-order chi connectivity index (χ1) is 6.86. The fraction of sp³-hybridized carbons (Fsp3) is 0.700. The van der Waals surface area contributed by atoms with Crippen molar-refractivity contribution in [3.63, 3.8) is 0 Å². The van der Waals surface area contributed by atoms with E-state index in [0.717, 1.165) is 31.1 Å². The van der Waals surface area contributed by atoms with E-state index >= 15 is 0 Å². The molecule has 14 heavy (non-hydrogen) atoms. The number of aryl methyl sites for hydroxylation is 1. The molecule has 0 saturated carbocycles. The summed E-state index contributed by atoms with van der Waals surface area (Å²) in [6.07, 6.45) is 7.14. The summed E-state index contributed by atoms with van der Waals surface area (Å²) in [6, 6.07) is 0. The molecule has 0 radical (unpaired) electrons. The molecule has 4 heteroatoms. The summed E-state index contributed by atoms with van der Waals surface area (Å²) in [5.41, 5.74) is 0. The molecule has 1 aromatic heterocycles. The Labute approximate surface area is 90.9 Å². The first kappa shape index (κ1) is 11.4. The van der Waals surface area contributed by atoms with Crippen molar-refractivity contribution in [3.8, 4) is 5.75 Å². The molecule has 80 valence electrons. The van der Waals surface area contributed by atoms with Crippen LogP contribution in [0.15, 0.2) is 12.4 Å². The van der Waals surface area contributed by atoms with E-state index in [0.29, 0.717) is 0 Å². The molecule has 0 atom stereocenters. The van der Waals surface area contributed by atoms with E-state index in [2.05, 4.69) is 24.7 Å². The van der Waals surface area contributed by atoms with E-state index in [1.54, 1.807) is 6.20 Å². The molecule has 0 unspecified atom stereocenters. The minimum absolute atomic E-state index is 0.781. The van der Waals surface area contributed by atoms with Crippen molar-refractivity contribution in [2.24, 2.45) is 0 Å². The predicted molar refractivity (Wildman–Crippen MR) is 61.1 cm³/mol. The molecule has 0 amide bonds. The highest BCUT2D eigenvalue weighted by atomic mass is 32.1. The summed E-state index contributed by atoms with van der Waals surface area (Å²) in [5.74, 6) is 1.84. The average molecular weight is 214 g/mol. The minimum Gasteiger partial charge on any atom is -0.490 e. The van der Waals surface area contributed by atoms with Crippen LogP contribution in [-0.4, -0.2) is 22.1 Å². The Bertz CT molecular complexity index is 250. The van der Waals surface area contributed by atoms with E-state index in [9.17, 15) is 0 Å². The molecule has 0 aliphatic rings. The maximum absolute atomic E-state index is 5.53. The smallest absolute Gasteiger partial charge is 0.157 e. The predicted octanol–water partition coefficient (Wildman–Crippen LogP) is 2.38. The lowest BCUT2D eigenvalue weighted by Crippen LogP contribution is -1.97. The van der Waals surface area contributed by atoms with Gasteiger partial charge in [-0.05, 0) is 31.9 Å². The van der Waals surface area contributed by atoms with Crippen LogP contribution in [-0.2, 0) is 6.54 Å². The van der Waals surface area contributed by atoms with Crippen molar-refractivity contribution in [1.29, 1.82) is 0 Å². The van der Waals surface area contributed by atoms with Gasteiger partial charge in [0, 0.05) is 6.54 Å². The van der Waals surface area contributed by atoms with Crippen LogP contribution in [0.1, 0.15) is 26.2 Å². The fourth-order valence-electron chi connectivity index (χ4n) is 1.17. The van der Waals surface area contributed by atoms with Crippen LogP contribution in [0.25, 0.3) is 0 Å². The number of ether oxygens (including phenoxy) is 1. The Morgan fingerprint density at radius 2 is 2.29 bits per heavy atom. The van der Waals surface area contributed by atoms with Crippen LogP contribution in [0.5, 0.6) is 5.75 Å². The molecule has 0 bridgehead atoms. The molecular formula is C10H18N2OS. The number of nitrogens with zero attached hydrogens (tertiary/aromatic N) is 2. The van der Waals surface area contributed by atoms with E-state index in [4.69, 9.17) is 4.74 Å². The van der Waals surface area contributed by atoms with Crippen molar-refractivity contribution >= 4 is 12.6 Å². The number of unbranched alkanes of at least 4 members (excludes halogenated alkanes) is 2. The second-order valence-electron chi connectivity index (χ2n) is 3.16. The van der Waals surface area contributed by atoms with Crippen LogP contribution in [0.2, 0.25) is 0 Å². The van der Waals surface area contributed by atoms with Crippen LogP contribution in [0.3, 0.4) is 0 Å². The number of hydrogen-bond donors (Lipinski definition) is 1. The fourth-order valence-corrected chi connectivity index (χ4v) is 1.40. The van der Waals surface area contributed by atoms with Crippen molar-refractivity contribution in [1.82, 2.24) is 9.78 Å². The lowest BCUT2D eigenvalue weighted by atomic mass is 10.3. The minimum atomic E-state index is 0.781. The van der Waals surface area contributed by atoms with Crippen molar-refractivity contribution in [2.75, 3.05) is 12.4 Å². The highest BCUT2D eigenvalue weighted by molar-refractivity contribution is 7.80. The van der Waals surface area contributed by atoms with Crippen molar-refractivity contribution in [2.45, 2.75) is 32.7 Å².